The number of hydrogen-bond acceptors (Lipinski definition) is 12. The quantitative estimate of drug-likeness (QED) is 0.170. The molecule has 3 N–H and O–H groups in total. The van der Waals surface area contributed by atoms with Gasteiger partial charge in [0.05, 0.1) is 27.8 Å². The first kappa shape index (κ1) is 41.3. The summed E-state index contributed by atoms with van der Waals surface area (Å²) in [6.45, 7) is 7.20. The van der Waals surface area contributed by atoms with E-state index in [1.807, 2.05) is 32.2 Å². The monoisotopic (exact) mass is 848 g/mol. The van der Waals surface area contributed by atoms with Gasteiger partial charge in [-0.05, 0) is 100 Å². The summed E-state index contributed by atoms with van der Waals surface area (Å²) in [6, 6.07) is 13.2. The van der Waals surface area contributed by atoms with Crippen molar-refractivity contribution in [2.75, 3.05) is 74.1 Å². The fourth-order valence-electron chi connectivity index (χ4n) is 9.17. The molecule has 0 radical (unpaired) electrons. The third-order valence-corrected chi connectivity index (χ3v) is 14.7. The van der Waals surface area contributed by atoms with E-state index in [0.29, 0.717) is 94.3 Å². The van der Waals surface area contributed by atoms with Crippen molar-refractivity contribution in [3.8, 4) is 0 Å². The highest BCUT2D eigenvalue weighted by atomic mass is 35.5. The zero-order chi connectivity index (χ0) is 41.3. The number of nitrogens with one attached hydrogen (secondary N) is 2. The van der Waals surface area contributed by atoms with E-state index in [2.05, 4.69) is 47.6 Å². The molecule has 0 bridgehead atoms. The van der Waals surface area contributed by atoms with Gasteiger partial charge in [0.25, 0.3) is 0 Å². The molecule has 16 nitrogen and oxygen atoms in total. The van der Waals surface area contributed by atoms with Gasteiger partial charge in [-0.3, -0.25) is 19.7 Å². The Morgan fingerprint density at radius 2 is 1.71 bits per heavy atom. The number of aliphatic hydroxyl groups excluding tert-OH is 1. The lowest BCUT2D eigenvalue weighted by molar-refractivity contribution is -0.187. The number of aryl methyl sites for hydroxylation is 1. The van der Waals surface area contributed by atoms with Gasteiger partial charge in [-0.2, -0.15) is 9.40 Å². The van der Waals surface area contributed by atoms with Crippen LogP contribution < -0.4 is 20.4 Å². The molecule has 4 saturated heterocycles. The van der Waals surface area contributed by atoms with E-state index in [1.165, 1.54) is 22.9 Å². The summed E-state index contributed by atoms with van der Waals surface area (Å²) in [6.07, 6.45) is 6.99. The van der Waals surface area contributed by atoms with Crippen LogP contribution in [0.5, 0.6) is 0 Å². The Labute approximate surface area is 349 Å². The van der Waals surface area contributed by atoms with Gasteiger partial charge in [0.1, 0.15) is 0 Å². The average molecular weight is 849 g/mol. The molecule has 8 rings (SSSR count). The third-order valence-electron chi connectivity index (χ3n) is 12.6. The Morgan fingerprint density at radius 3 is 2.41 bits per heavy atom. The second kappa shape index (κ2) is 17.3. The van der Waals surface area contributed by atoms with Crippen LogP contribution in [0.4, 0.5) is 22.2 Å². The SMILES string of the molecule is CCOC(O)C1(CN2CCC(c3ccc4c(N5CCC(=O)NC5=O)nn(C)c4c3)CC2)CCN(c2cccc(S(=O)(=O)N3CCC(Nc4ncc(Cl)cn4)CC3)c2)CC1. The van der Waals surface area contributed by atoms with E-state index >= 15 is 0 Å². The maximum Gasteiger partial charge on any atom is 0.329 e. The third kappa shape index (κ3) is 8.77. The summed E-state index contributed by atoms with van der Waals surface area (Å²) in [7, 11) is -1.82. The fourth-order valence-corrected chi connectivity index (χ4v) is 10.8. The van der Waals surface area contributed by atoms with E-state index in [-0.39, 0.29) is 23.3 Å². The van der Waals surface area contributed by atoms with Crippen molar-refractivity contribution in [1.29, 1.82) is 0 Å². The molecule has 0 saturated carbocycles. The number of rotatable bonds is 12. The van der Waals surface area contributed by atoms with Crippen LogP contribution in [0.3, 0.4) is 0 Å². The molecule has 4 fully saturated rings. The largest absolute Gasteiger partial charge is 0.371 e. The Morgan fingerprint density at radius 1 is 0.983 bits per heavy atom. The minimum Gasteiger partial charge on any atom is -0.371 e. The van der Waals surface area contributed by atoms with E-state index in [0.717, 1.165) is 42.5 Å². The van der Waals surface area contributed by atoms with Crippen LogP contribution in [0.2, 0.25) is 5.02 Å². The smallest absolute Gasteiger partial charge is 0.329 e. The molecule has 0 aliphatic carbocycles. The van der Waals surface area contributed by atoms with Crippen molar-refractivity contribution in [2.24, 2.45) is 12.5 Å². The Balaban J connectivity index is 0.877. The maximum absolute atomic E-state index is 13.8. The molecule has 1 unspecified atom stereocenters. The number of sulfonamides is 1. The second-order valence-electron chi connectivity index (χ2n) is 16.2. The number of fused-ring (bicyclic) bond motifs is 1. The number of carbonyl (C=O) groups is 2. The lowest BCUT2D eigenvalue weighted by Gasteiger charge is -2.48. The van der Waals surface area contributed by atoms with Crippen LogP contribution in [0.15, 0.2) is 59.8 Å². The number of ether oxygens (including phenoxy) is 1. The van der Waals surface area contributed by atoms with Gasteiger partial charge in [0.15, 0.2) is 12.1 Å². The molecule has 4 aliphatic heterocycles. The molecule has 4 aromatic rings. The number of aliphatic hydroxyl groups is 1. The first-order chi connectivity index (χ1) is 28.4. The van der Waals surface area contributed by atoms with Gasteiger partial charge in [-0.25, -0.2) is 23.2 Å². The molecule has 316 valence electrons. The van der Waals surface area contributed by atoms with Crippen molar-refractivity contribution in [3.63, 3.8) is 0 Å². The molecular weight excluding hydrogens is 796 g/mol. The topological polar surface area (TPSA) is 178 Å². The van der Waals surface area contributed by atoms with Crippen LogP contribution in [-0.4, -0.2) is 126 Å². The van der Waals surface area contributed by atoms with Crippen molar-refractivity contribution in [3.05, 3.63) is 65.4 Å². The van der Waals surface area contributed by atoms with Crippen molar-refractivity contribution >= 4 is 61.9 Å². The summed E-state index contributed by atoms with van der Waals surface area (Å²) in [5.74, 6) is 1.12. The zero-order valence-corrected chi connectivity index (χ0v) is 35.2. The van der Waals surface area contributed by atoms with Crippen molar-refractivity contribution in [2.45, 2.75) is 75.0 Å². The van der Waals surface area contributed by atoms with Gasteiger partial charge in [0, 0.05) is 81.9 Å². The first-order valence-corrected chi connectivity index (χ1v) is 22.4. The fraction of sp³-hybridized carbons (Fsp3) is 0.537. The summed E-state index contributed by atoms with van der Waals surface area (Å²) < 4.78 is 36.9. The molecule has 2 aromatic heterocycles. The highest BCUT2D eigenvalue weighted by Crippen LogP contribution is 2.41. The number of carbonyl (C=O) groups excluding carboxylic acids is 2. The Hall–Kier alpha value is -4.39. The van der Waals surface area contributed by atoms with Crippen LogP contribution in [0.1, 0.15) is 63.4 Å². The lowest BCUT2D eigenvalue weighted by Crippen LogP contribution is -2.54. The van der Waals surface area contributed by atoms with Crippen LogP contribution in [0, 0.1) is 5.41 Å². The van der Waals surface area contributed by atoms with Crippen LogP contribution in [0.25, 0.3) is 10.9 Å². The Bertz CT molecular complexity index is 2250. The average Bonchev–Trinajstić information content (AvgIpc) is 3.57. The van der Waals surface area contributed by atoms with Gasteiger partial charge < -0.3 is 25.0 Å². The number of piperidine rings is 3. The predicted octanol–water partition coefficient (Wildman–Crippen LogP) is 4.55. The number of hydrogen-bond donors (Lipinski definition) is 3. The number of amides is 3. The van der Waals surface area contributed by atoms with Crippen molar-refractivity contribution < 1.29 is 27.9 Å². The number of anilines is 3. The second-order valence-corrected chi connectivity index (χ2v) is 18.6. The first-order valence-electron chi connectivity index (χ1n) is 20.6. The zero-order valence-electron chi connectivity index (χ0n) is 33.6. The lowest BCUT2D eigenvalue weighted by atomic mass is 9.76. The molecule has 18 heteroatoms. The summed E-state index contributed by atoms with van der Waals surface area (Å²) >= 11 is 5.91. The van der Waals surface area contributed by atoms with E-state index in [4.69, 9.17) is 16.3 Å². The number of imide groups is 1. The van der Waals surface area contributed by atoms with Crippen LogP contribution in [-0.2, 0) is 26.6 Å². The minimum atomic E-state index is -3.70. The molecule has 1 atom stereocenters. The normalized spacial score (nSPS) is 20.9. The molecule has 59 heavy (non-hydrogen) atoms. The number of halogens is 1. The van der Waals surface area contributed by atoms with Crippen molar-refractivity contribution in [1.82, 2.24) is 34.3 Å². The summed E-state index contributed by atoms with van der Waals surface area (Å²) in [4.78, 5) is 39.2. The van der Waals surface area contributed by atoms with Gasteiger partial charge in [-0.1, -0.05) is 23.7 Å². The molecule has 3 amide bonds. The number of nitrogens with zero attached hydrogens (tertiary/aromatic N) is 8. The Kier molecular flexibility index (Phi) is 12.1. The standard InChI is InChI=1S/C41H53ClN10O6S/c1-3-58-38(54)41(27-49-16-9-28(10-17-49)29-7-8-34-35(23-29)48(2)47-37(34)52-20-13-36(53)46-40(52)55)14-21-50(22-15-41)32-5-4-6-33(24-32)59(56,57)51-18-11-31(12-19-51)45-39-43-25-30(42)26-44-39/h4-8,23-26,28,31,38,54H,3,9-22,27H2,1-2H3,(H,43,44,45)(H,46,53,55). The molecule has 2 aromatic carbocycles. The molecule has 4 aliphatic rings. The van der Waals surface area contributed by atoms with Gasteiger partial charge in [-0.15, -0.1) is 0 Å². The van der Waals surface area contributed by atoms with Crippen LogP contribution >= 0.6 is 11.6 Å². The number of benzene rings is 2. The number of urea groups is 1. The summed E-state index contributed by atoms with van der Waals surface area (Å²) in [5, 5.41) is 23.1. The van der Waals surface area contributed by atoms with Gasteiger partial charge >= 0.3 is 6.03 Å². The molecule has 0 spiro atoms. The summed E-state index contributed by atoms with van der Waals surface area (Å²) in [5.41, 5.74) is 2.57. The number of likely N-dealkylation sites (tertiary alicyclic amines) is 1. The molecule has 6 heterocycles. The minimum absolute atomic E-state index is 0.0608. The van der Waals surface area contributed by atoms with E-state index in [1.54, 1.807) is 21.1 Å². The van der Waals surface area contributed by atoms with E-state index in [9.17, 15) is 23.1 Å². The highest BCUT2D eigenvalue weighted by Gasteiger charge is 2.44. The highest BCUT2D eigenvalue weighted by molar-refractivity contribution is 7.89. The predicted molar refractivity (Wildman–Crippen MR) is 225 cm³/mol. The van der Waals surface area contributed by atoms with E-state index < -0.39 is 27.8 Å². The number of aromatic nitrogens is 4. The maximum atomic E-state index is 13.8. The van der Waals surface area contributed by atoms with Gasteiger partial charge in [0.2, 0.25) is 21.9 Å². The molecular formula is C41H53ClN10O6S.